The number of nitrogens with one attached hydrogen (secondary N) is 3. The number of fused-ring (bicyclic) bond motifs is 2. The molecule has 4 rings (SSSR count). The van der Waals surface area contributed by atoms with Gasteiger partial charge in [0, 0.05) is 5.69 Å². The molecule has 0 bridgehead atoms. The molecule has 0 fully saturated rings. The average molecular weight is 320 g/mol. The number of H-pyrrole nitrogens is 1. The predicted molar refractivity (Wildman–Crippen MR) is 90.8 cm³/mol. The second kappa shape index (κ2) is 5.49. The first kappa shape index (κ1) is 14.4. The number of aromatic amines is 1. The molecule has 0 aliphatic carbocycles. The number of benzene rings is 2. The summed E-state index contributed by atoms with van der Waals surface area (Å²) in [6, 6.07) is 13.1. The largest absolute Gasteiger partial charge is 0.343 e. The van der Waals surface area contributed by atoms with Gasteiger partial charge in [-0.25, -0.2) is 4.98 Å². The number of hydrogen-bond acceptors (Lipinski definition) is 3. The number of nitrogens with zero attached hydrogens (tertiary/aromatic N) is 1. The minimum absolute atomic E-state index is 0.00103. The third-order valence-electron chi connectivity index (χ3n) is 4.21. The van der Waals surface area contributed by atoms with E-state index in [1.165, 1.54) is 0 Å². The SMILES string of the molecule is C[C@@H](NC(=O)c1nc2ccccc2[nH]1)c1ccc2c(c1)CC(=O)N2. The Hall–Kier alpha value is -3.15. The van der Waals surface area contributed by atoms with Gasteiger partial charge in [0.1, 0.15) is 0 Å². The van der Waals surface area contributed by atoms with Gasteiger partial charge in [-0.05, 0) is 36.2 Å². The monoisotopic (exact) mass is 320 g/mol. The van der Waals surface area contributed by atoms with E-state index in [4.69, 9.17) is 0 Å². The number of amides is 2. The predicted octanol–water partition coefficient (Wildman–Crippen LogP) is 2.55. The van der Waals surface area contributed by atoms with Crippen molar-refractivity contribution in [2.24, 2.45) is 0 Å². The summed E-state index contributed by atoms with van der Waals surface area (Å²) < 4.78 is 0. The first-order valence-corrected chi connectivity index (χ1v) is 7.78. The van der Waals surface area contributed by atoms with E-state index in [0.29, 0.717) is 12.2 Å². The zero-order chi connectivity index (χ0) is 16.7. The summed E-state index contributed by atoms with van der Waals surface area (Å²) in [5, 5.41) is 5.74. The lowest BCUT2D eigenvalue weighted by Crippen LogP contribution is -2.27. The van der Waals surface area contributed by atoms with Gasteiger partial charge in [-0.1, -0.05) is 24.3 Å². The van der Waals surface area contributed by atoms with Crippen LogP contribution in [0.1, 0.15) is 34.7 Å². The van der Waals surface area contributed by atoms with E-state index < -0.39 is 0 Å². The van der Waals surface area contributed by atoms with Crippen molar-refractivity contribution in [3.8, 4) is 0 Å². The van der Waals surface area contributed by atoms with Crippen LogP contribution in [0.25, 0.3) is 11.0 Å². The molecular formula is C18H16N4O2. The Morgan fingerprint density at radius 1 is 1.25 bits per heavy atom. The maximum Gasteiger partial charge on any atom is 0.287 e. The summed E-state index contributed by atoms with van der Waals surface area (Å²) in [5.74, 6) is 0.0376. The third-order valence-corrected chi connectivity index (χ3v) is 4.21. The summed E-state index contributed by atoms with van der Waals surface area (Å²) in [4.78, 5) is 31.2. The molecule has 120 valence electrons. The molecule has 0 unspecified atom stereocenters. The topological polar surface area (TPSA) is 86.9 Å². The van der Waals surface area contributed by atoms with Crippen molar-refractivity contribution in [2.45, 2.75) is 19.4 Å². The Kier molecular flexibility index (Phi) is 3.30. The van der Waals surface area contributed by atoms with E-state index in [1.807, 2.05) is 49.4 Å². The molecule has 0 saturated carbocycles. The highest BCUT2D eigenvalue weighted by Crippen LogP contribution is 2.26. The summed E-state index contributed by atoms with van der Waals surface area (Å²) in [5.41, 5.74) is 4.35. The molecule has 6 nitrogen and oxygen atoms in total. The second-order valence-corrected chi connectivity index (χ2v) is 5.94. The molecule has 1 aromatic heterocycles. The van der Waals surface area contributed by atoms with E-state index in [0.717, 1.165) is 27.8 Å². The Morgan fingerprint density at radius 2 is 2.08 bits per heavy atom. The normalized spacial score (nSPS) is 14.3. The minimum Gasteiger partial charge on any atom is -0.343 e. The number of anilines is 1. The number of hydrogen-bond donors (Lipinski definition) is 3. The Morgan fingerprint density at radius 3 is 2.92 bits per heavy atom. The smallest absolute Gasteiger partial charge is 0.287 e. The summed E-state index contributed by atoms with van der Waals surface area (Å²) in [6.07, 6.45) is 0.382. The Labute approximate surface area is 138 Å². The lowest BCUT2D eigenvalue weighted by molar-refractivity contribution is -0.115. The Balaban J connectivity index is 1.53. The molecule has 2 amide bonds. The second-order valence-electron chi connectivity index (χ2n) is 5.94. The molecule has 1 atom stereocenters. The van der Waals surface area contributed by atoms with Crippen molar-refractivity contribution in [3.63, 3.8) is 0 Å². The van der Waals surface area contributed by atoms with Crippen molar-refractivity contribution >= 4 is 28.5 Å². The summed E-state index contributed by atoms with van der Waals surface area (Å²) in [7, 11) is 0. The fraction of sp³-hybridized carbons (Fsp3) is 0.167. The molecule has 2 aromatic carbocycles. The number of carbonyl (C=O) groups excluding carboxylic acids is 2. The molecule has 2 heterocycles. The van der Waals surface area contributed by atoms with Gasteiger partial charge in [-0.15, -0.1) is 0 Å². The van der Waals surface area contributed by atoms with Gasteiger partial charge in [0.15, 0.2) is 5.82 Å². The minimum atomic E-state index is -0.256. The van der Waals surface area contributed by atoms with Gasteiger partial charge in [0.2, 0.25) is 5.91 Å². The van der Waals surface area contributed by atoms with Crippen LogP contribution in [0.4, 0.5) is 5.69 Å². The van der Waals surface area contributed by atoms with Crippen molar-refractivity contribution in [1.82, 2.24) is 15.3 Å². The summed E-state index contributed by atoms with van der Waals surface area (Å²) in [6.45, 7) is 1.91. The van der Waals surface area contributed by atoms with Crippen LogP contribution >= 0.6 is 0 Å². The lowest BCUT2D eigenvalue weighted by Gasteiger charge is -2.14. The number of rotatable bonds is 3. The zero-order valence-electron chi connectivity index (χ0n) is 13.1. The molecule has 0 radical (unpaired) electrons. The first-order chi connectivity index (χ1) is 11.6. The van der Waals surface area contributed by atoms with Crippen LogP contribution in [0.5, 0.6) is 0 Å². The summed E-state index contributed by atoms with van der Waals surface area (Å²) >= 11 is 0. The van der Waals surface area contributed by atoms with E-state index in [9.17, 15) is 9.59 Å². The maximum absolute atomic E-state index is 12.4. The van der Waals surface area contributed by atoms with Gasteiger partial charge in [0.25, 0.3) is 5.91 Å². The Bertz CT molecular complexity index is 928. The highest BCUT2D eigenvalue weighted by Gasteiger charge is 2.20. The van der Waals surface area contributed by atoms with Crippen LogP contribution in [0.15, 0.2) is 42.5 Å². The average Bonchev–Trinajstić information content (AvgIpc) is 3.15. The molecule has 3 aromatic rings. The highest BCUT2D eigenvalue weighted by molar-refractivity contribution is 5.99. The molecular weight excluding hydrogens is 304 g/mol. The van der Waals surface area contributed by atoms with Gasteiger partial charge in [0.05, 0.1) is 23.5 Å². The van der Waals surface area contributed by atoms with Crippen LogP contribution in [0.2, 0.25) is 0 Å². The highest BCUT2D eigenvalue weighted by atomic mass is 16.2. The van der Waals surface area contributed by atoms with E-state index >= 15 is 0 Å². The van der Waals surface area contributed by atoms with Crippen LogP contribution in [0, 0.1) is 0 Å². The molecule has 24 heavy (non-hydrogen) atoms. The molecule has 3 N–H and O–H groups in total. The molecule has 1 aliphatic heterocycles. The molecule has 0 spiro atoms. The van der Waals surface area contributed by atoms with Gasteiger partial charge >= 0.3 is 0 Å². The van der Waals surface area contributed by atoms with Crippen molar-refractivity contribution < 1.29 is 9.59 Å². The standard InChI is InChI=1S/C18H16N4O2/c1-10(11-6-7-13-12(8-11)9-16(23)20-13)19-18(24)17-21-14-4-2-3-5-15(14)22-17/h2-8,10H,9H2,1H3,(H,19,24)(H,20,23)(H,21,22)/t10-/m1/s1. The van der Waals surface area contributed by atoms with Crippen molar-refractivity contribution in [1.29, 1.82) is 0 Å². The van der Waals surface area contributed by atoms with Crippen LogP contribution in [-0.4, -0.2) is 21.8 Å². The van der Waals surface area contributed by atoms with E-state index in [2.05, 4.69) is 20.6 Å². The molecule has 6 heteroatoms. The third kappa shape index (κ3) is 2.52. The van der Waals surface area contributed by atoms with Crippen molar-refractivity contribution in [3.05, 3.63) is 59.4 Å². The fourth-order valence-corrected chi connectivity index (χ4v) is 2.93. The van der Waals surface area contributed by atoms with Crippen LogP contribution < -0.4 is 10.6 Å². The number of aromatic nitrogens is 2. The first-order valence-electron chi connectivity index (χ1n) is 7.78. The number of imidazole rings is 1. The van der Waals surface area contributed by atoms with Crippen LogP contribution in [-0.2, 0) is 11.2 Å². The fourth-order valence-electron chi connectivity index (χ4n) is 2.93. The molecule has 1 aliphatic rings. The van der Waals surface area contributed by atoms with Gasteiger partial charge in [-0.3, -0.25) is 9.59 Å². The van der Waals surface area contributed by atoms with E-state index in [1.54, 1.807) is 0 Å². The number of para-hydroxylation sites is 2. The zero-order valence-corrected chi connectivity index (χ0v) is 13.1. The number of carbonyl (C=O) groups is 2. The maximum atomic E-state index is 12.4. The van der Waals surface area contributed by atoms with Gasteiger partial charge < -0.3 is 15.6 Å². The van der Waals surface area contributed by atoms with Crippen molar-refractivity contribution in [2.75, 3.05) is 5.32 Å². The van der Waals surface area contributed by atoms with E-state index in [-0.39, 0.29) is 17.9 Å². The van der Waals surface area contributed by atoms with Gasteiger partial charge in [-0.2, -0.15) is 0 Å². The molecule has 0 saturated heterocycles. The lowest BCUT2D eigenvalue weighted by atomic mass is 10.0. The van der Waals surface area contributed by atoms with Crippen LogP contribution in [0.3, 0.4) is 0 Å². The quantitative estimate of drug-likeness (QED) is 0.693.